The van der Waals surface area contributed by atoms with Crippen LogP contribution in [-0.2, 0) is 4.79 Å². The van der Waals surface area contributed by atoms with Crippen molar-refractivity contribution >= 4 is 11.9 Å². The minimum Gasteiger partial charge on any atom is -0.481 e. The summed E-state index contributed by atoms with van der Waals surface area (Å²) in [5.41, 5.74) is -0.185. The normalized spacial score (nSPS) is 11.8. The van der Waals surface area contributed by atoms with E-state index in [1.54, 1.807) is 6.92 Å². The van der Waals surface area contributed by atoms with E-state index in [2.05, 4.69) is 10.3 Å². The van der Waals surface area contributed by atoms with Crippen LogP contribution in [0.5, 0.6) is 0 Å². The SMILES string of the molecule is CC(CCC(=O)O)NC(=O)c1cccc(=O)[nH]1. The Hall–Kier alpha value is -2.11. The van der Waals surface area contributed by atoms with Crippen LogP contribution < -0.4 is 10.9 Å². The third kappa shape index (κ3) is 4.50. The molecule has 0 aliphatic carbocycles. The summed E-state index contributed by atoms with van der Waals surface area (Å²) < 4.78 is 0. The summed E-state index contributed by atoms with van der Waals surface area (Å²) in [6.45, 7) is 1.71. The van der Waals surface area contributed by atoms with Crippen LogP contribution in [0.2, 0.25) is 0 Å². The van der Waals surface area contributed by atoms with Crippen LogP contribution in [0.25, 0.3) is 0 Å². The molecular weight excluding hydrogens is 224 g/mol. The van der Waals surface area contributed by atoms with Crippen molar-refractivity contribution in [3.05, 3.63) is 34.2 Å². The molecule has 0 aliphatic heterocycles. The topological polar surface area (TPSA) is 99.3 Å². The van der Waals surface area contributed by atoms with Gasteiger partial charge in [0.15, 0.2) is 0 Å². The first-order valence-electron chi connectivity index (χ1n) is 5.21. The summed E-state index contributed by atoms with van der Waals surface area (Å²) in [6.07, 6.45) is 0.338. The van der Waals surface area contributed by atoms with Gasteiger partial charge >= 0.3 is 5.97 Å². The molecule has 0 saturated carbocycles. The van der Waals surface area contributed by atoms with Crippen molar-refractivity contribution in [2.45, 2.75) is 25.8 Å². The standard InChI is InChI=1S/C11H14N2O4/c1-7(5-6-10(15)16)12-11(17)8-3-2-4-9(14)13-8/h2-4,7H,5-6H2,1H3,(H,12,17)(H,13,14)(H,15,16). The number of aliphatic carboxylic acids is 1. The van der Waals surface area contributed by atoms with Crippen molar-refractivity contribution < 1.29 is 14.7 Å². The zero-order valence-electron chi connectivity index (χ0n) is 9.40. The molecule has 0 spiro atoms. The molecule has 0 aliphatic rings. The van der Waals surface area contributed by atoms with E-state index in [1.165, 1.54) is 18.2 Å². The third-order valence-electron chi connectivity index (χ3n) is 2.18. The zero-order chi connectivity index (χ0) is 12.8. The molecule has 17 heavy (non-hydrogen) atoms. The number of hydrogen-bond acceptors (Lipinski definition) is 3. The molecule has 1 atom stereocenters. The Balaban J connectivity index is 2.54. The number of aromatic nitrogens is 1. The van der Waals surface area contributed by atoms with Crippen LogP contribution >= 0.6 is 0 Å². The van der Waals surface area contributed by atoms with Crippen LogP contribution in [0.1, 0.15) is 30.3 Å². The summed E-state index contributed by atoms with van der Waals surface area (Å²) in [6, 6.07) is 4.02. The van der Waals surface area contributed by atoms with Crippen molar-refractivity contribution in [2.24, 2.45) is 0 Å². The number of amides is 1. The van der Waals surface area contributed by atoms with Gasteiger partial charge in [-0.15, -0.1) is 0 Å². The fraction of sp³-hybridized carbons (Fsp3) is 0.364. The molecule has 6 heteroatoms. The Morgan fingerprint density at radius 2 is 2.18 bits per heavy atom. The van der Waals surface area contributed by atoms with Crippen molar-refractivity contribution in [1.29, 1.82) is 0 Å². The average molecular weight is 238 g/mol. The minimum atomic E-state index is -0.904. The molecule has 6 nitrogen and oxygen atoms in total. The number of nitrogens with one attached hydrogen (secondary N) is 2. The van der Waals surface area contributed by atoms with E-state index in [-0.39, 0.29) is 23.7 Å². The molecule has 0 bridgehead atoms. The second-order valence-electron chi connectivity index (χ2n) is 3.74. The van der Waals surface area contributed by atoms with Gasteiger partial charge in [0.25, 0.3) is 5.91 Å². The highest BCUT2D eigenvalue weighted by Crippen LogP contribution is 1.98. The first kappa shape index (κ1) is 13.0. The van der Waals surface area contributed by atoms with E-state index in [0.29, 0.717) is 6.42 Å². The molecule has 0 radical (unpaired) electrons. The molecule has 92 valence electrons. The van der Waals surface area contributed by atoms with Gasteiger partial charge in [0.05, 0.1) is 0 Å². The monoisotopic (exact) mass is 238 g/mol. The van der Waals surface area contributed by atoms with Gasteiger partial charge in [-0.25, -0.2) is 0 Å². The lowest BCUT2D eigenvalue weighted by molar-refractivity contribution is -0.137. The molecule has 0 fully saturated rings. The molecule has 1 aromatic heterocycles. The molecule has 1 heterocycles. The lowest BCUT2D eigenvalue weighted by atomic mass is 10.2. The lowest BCUT2D eigenvalue weighted by Gasteiger charge is -2.12. The maximum atomic E-state index is 11.6. The second-order valence-corrected chi connectivity index (χ2v) is 3.74. The first-order chi connectivity index (χ1) is 7.99. The van der Waals surface area contributed by atoms with Crippen molar-refractivity contribution in [3.63, 3.8) is 0 Å². The number of pyridine rings is 1. The Morgan fingerprint density at radius 1 is 1.47 bits per heavy atom. The quantitative estimate of drug-likeness (QED) is 0.689. The number of carbonyl (C=O) groups excluding carboxylic acids is 1. The zero-order valence-corrected chi connectivity index (χ0v) is 9.40. The van der Waals surface area contributed by atoms with Gasteiger partial charge in [0, 0.05) is 18.5 Å². The second kappa shape index (κ2) is 5.83. The summed E-state index contributed by atoms with van der Waals surface area (Å²) in [4.78, 5) is 35.3. The van der Waals surface area contributed by atoms with Crippen LogP contribution in [0.4, 0.5) is 0 Å². The summed E-state index contributed by atoms with van der Waals surface area (Å²) in [5, 5.41) is 11.1. The number of carboxylic acids is 1. The van der Waals surface area contributed by atoms with Gasteiger partial charge in [-0.3, -0.25) is 14.4 Å². The molecule has 0 aromatic carbocycles. The van der Waals surface area contributed by atoms with Crippen LogP contribution in [0.3, 0.4) is 0 Å². The van der Waals surface area contributed by atoms with E-state index in [9.17, 15) is 14.4 Å². The maximum Gasteiger partial charge on any atom is 0.303 e. The molecule has 1 amide bonds. The highest BCUT2D eigenvalue weighted by Gasteiger charge is 2.11. The summed E-state index contributed by atoms with van der Waals surface area (Å²) in [5.74, 6) is -1.32. The number of H-pyrrole nitrogens is 1. The molecule has 1 rings (SSSR count). The van der Waals surface area contributed by atoms with Crippen molar-refractivity contribution in [1.82, 2.24) is 10.3 Å². The third-order valence-corrected chi connectivity index (χ3v) is 2.18. The fourth-order valence-electron chi connectivity index (χ4n) is 1.29. The van der Waals surface area contributed by atoms with E-state index < -0.39 is 11.9 Å². The molecule has 0 saturated heterocycles. The molecule has 1 unspecified atom stereocenters. The highest BCUT2D eigenvalue weighted by molar-refractivity contribution is 5.92. The lowest BCUT2D eigenvalue weighted by Crippen LogP contribution is -2.34. The van der Waals surface area contributed by atoms with Crippen molar-refractivity contribution in [2.75, 3.05) is 0 Å². The van der Waals surface area contributed by atoms with E-state index in [1.807, 2.05) is 0 Å². The summed E-state index contributed by atoms with van der Waals surface area (Å²) in [7, 11) is 0. The predicted molar refractivity (Wildman–Crippen MR) is 60.9 cm³/mol. The largest absolute Gasteiger partial charge is 0.481 e. The smallest absolute Gasteiger partial charge is 0.303 e. The molecule has 3 N–H and O–H groups in total. The highest BCUT2D eigenvalue weighted by atomic mass is 16.4. The van der Waals surface area contributed by atoms with Gasteiger partial charge in [0.2, 0.25) is 5.56 Å². The van der Waals surface area contributed by atoms with Crippen molar-refractivity contribution in [3.8, 4) is 0 Å². The first-order valence-corrected chi connectivity index (χ1v) is 5.21. The molecular formula is C11H14N2O4. The van der Waals surface area contributed by atoms with Gasteiger partial charge < -0.3 is 15.4 Å². The van der Waals surface area contributed by atoms with Gasteiger partial charge in [0.1, 0.15) is 5.69 Å². The van der Waals surface area contributed by atoms with E-state index in [0.717, 1.165) is 0 Å². The predicted octanol–water partition coefficient (Wildman–Crippen LogP) is 0.358. The number of hydrogen-bond donors (Lipinski definition) is 3. The fourth-order valence-corrected chi connectivity index (χ4v) is 1.29. The minimum absolute atomic E-state index is 0.00719. The van der Waals surface area contributed by atoms with Crippen LogP contribution in [0, 0.1) is 0 Å². The number of aromatic amines is 1. The number of rotatable bonds is 5. The number of carbonyl (C=O) groups is 2. The van der Waals surface area contributed by atoms with Crippen LogP contribution in [-0.4, -0.2) is 28.0 Å². The van der Waals surface area contributed by atoms with Gasteiger partial charge in [-0.1, -0.05) is 6.07 Å². The number of carboxylic acid groups (broad SMARTS) is 1. The van der Waals surface area contributed by atoms with Crippen LogP contribution in [0.15, 0.2) is 23.0 Å². The Labute approximate surface area is 97.7 Å². The Bertz CT molecular complexity index is 467. The van der Waals surface area contributed by atoms with Gasteiger partial charge in [-0.05, 0) is 19.4 Å². The van der Waals surface area contributed by atoms with Gasteiger partial charge in [-0.2, -0.15) is 0 Å². The molecule has 1 aromatic rings. The Kier molecular flexibility index (Phi) is 4.45. The van der Waals surface area contributed by atoms with E-state index >= 15 is 0 Å². The maximum absolute atomic E-state index is 11.6. The average Bonchev–Trinajstić information content (AvgIpc) is 2.26. The Morgan fingerprint density at radius 3 is 2.76 bits per heavy atom. The van der Waals surface area contributed by atoms with E-state index in [4.69, 9.17) is 5.11 Å². The summed E-state index contributed by atoms with van der Waals surface area (Å²) >= 11 is 0.